The van der Waals surface area contributed by atoms with Crippen LogP contribution in [0, 0.1) is 6.92 Å². The van der Waals surface area contributed by atoms with Gasteiger partial charge in [0.25, 0.3) is 15.9 Å². The van der Waals surface area contributed by atoms with Gasteiger partial charge in [-0.25, -0.2) is 8.42 Å². The third-order valence-corrected chi connectivity index (χ3v) is 10.4. The number of sulfonamides is 1. The van der Waals surface area contributed by atoms with Crippen molar-refractivity contribution in [1.82, 2.24) is 4.31 Å². The largest absolute Gasteiger partial charge is 0.324 e. The zero-order chi connectivity index (χ0) is 29.1. The van der Waals surface area contributed by atoms with Crippen molar-refractivity contribution in [3.63, 3.8) is 0 Å². The summed E-state index contributed by atoms with van der Waals surface area (Å²) >= 11 is 6.89. The van der Waals surface area contributed by atoms with E-state index >= 15 is 0 Å². The molecular formula is C30H26ClN3O5S2. The number of carbonyl (C=O) groups excluding carboxylic acids is 3. The molecule has 210 valence electrons. The van der Waals surface area contributed by atoms with Crippen molar-refractivity contribution >= 4 is 61.9 Å². The molecular weight excluding hydrogens is 582 g/mol. The minimum Gasteiger partial charge on any atom is -0.324 e. The van der Waals surface area contributed by atoms with Gasteiger partial charge in [-0.2, -0.15) is 4.31 Å². The molecule has 1 fully saturated rings. The normalized spacial score (nSPS) is 15.4. The summed E-state index contributed by atoms with van der Waals surface area (Å²) in [5.74, 6) is -1.30. The molecule has 8 nitrogen and oxygen atoms in total. The van der Waals surface area contributed by atoms with Gasteiger partial charge in [0.2, 0.25) is 5.91 Å². The number of rotatable bonds is 8. The summed E-state index contributed by atoms with van der Waals surface area (Å²) in [4.78, 5) is 40.1. The van der Waals surface area contributed by atoms with Gasteiger partial charge >= 0.3 is 0 Å². The fraction of sp³-hybridized carbons (Fsp3) is 0.167. The number of anilines is 2. The highest BCUT2D eigenvalue weighted by molar-refractivity contribution is 7.91. The van der Waals surface area contributed by atoms with Crippen molar-refractivity contribution in [3.8, 4) is 0 Å². The van der Waals surface area contributed by atoms with Crippen LogP contribution < -0.4 is 10.6 Å². The molecule has 5 rings (SSSR count). The van der Waals surface area contributed by atoms with Gasteiger partial charge in [-0.3, -0.25) is 14.4 Å². The van der Waals surface area contributed by atoms with E-state index in [4.69, 9.17) is 11.6 Å². The van der Waals surface area contributed by atoms with Gasteiger partial charge in [0.05, 0.1) is 21.3 Å². The number of thiophene rings is 1. The predicted octanol–water partition coefficient (Wildman–Crippen LogP) is 5.99. The number of ketones is 1. The number of amides is 2. The van der Waals surface area contributed by atoms with E-state index in [0.29, 0.717) is 34.0 Å². The number of nitrogens with one attached hydrogen (secondary N) is 2. The predicted molar refractivity (Wildman–Crippen MR) is 160 cm³/mol. The Hall–Kier alpha value is -3.83. The molecule has 0 bridgehead atoms. The van der Waals surface area contributed by atoms with Crippen molar-refractivity contribution in [2.45, 2.75) is 30.0 Å². The lowest BCUT2D eigenvalue weighted by molar-refractivity contribution is -0.119. The molecule has 2 heterocycles. The quantitative estimate of drug-likeness (QED) is 0.239. The molecule has 2 N–H and O–H groups in total. The molecule has 4 aromatic rings. The van der Waals surface area contributed by atoms with E-state index in [-0.39, 0.29) is 27.8 Å². The first-order chi connectivity index (χ1) is 19.6. The molecule has 0 saturated carbocycles. The second-order valence-electron chi connectivity index (χ2n) is 9.57. The molecule has 1 aliphatic heterocycles. The number of halogens is 1. The van der Waals surface area contributed by atoms with Crippen molar-refractivity contribution < 1.29 is 22.8 Å². The molecule has 11 heteroatoms. The number of hydrogen-bond acceptors (Lipinski definition) is 6. The maximum Gasteiger partial charge on any atom is 0.257 e. The Bertz CT molecular complexity index is 1740. The summed E-state index contributed by atoms with van der Waals surface area (Å²) in [5.41, 5.74) is 2.40. The van der Waals surface area contributed by atoms with E-state index in [1.807, 2.05) is 13.0 Å². The van der Waals surface area contributed by atoms with Crippen LogP contribution in [-0.2, 0) is 14.8 Å². The first kappa shape index (κ1) is 28.7. The van der Waals surface area contributed by atoms with Crippen LogP contribution in [-0.4, -0.2) is 42.9 Å². The van der Waals surface area contributed by atoms with E-state index in [9.17, 15) is 22.8 Å². The second kappa shape index (κ2) is 12.0. The Balaban J connectivity index is 1.37. The van der Waals surface area contributed by atoms with Gasteiger partial charge in [-0.1, -0.05) is 65.7 Å². The molecule has 2 amide bonds. The van der Waals surface area contributed by atoms with Crippen LogP contribution in [0.15, 0.2) is 89.1 Å². The topological polar surface area (TPSA) is 113 Å². The second-order valence-corrected chi connectivity index (χ2v) is 13.4. The lowest BCUT2D eigenvalue weighted by Gasteiger charge is -2.23. The number of para-hydroxylation sites is 1. The van der Waals surface area contributed by atoms with Crippen LogP contribution >= 0.6 is 22.9 Å². The minimum absolute atomic E-state index is 0.0703. The van der Waals surface area contributed by atoms with E-state index in [1.165, 1.54) is 16.4 Å². The molecule has 1 saturated heterocycles. The van der Waals surface area contributed by atoms with E-state index in [2.05, 4.69) is 10.6 Å². The molecule has 1 unspecified atom stereocenters. The van der Waals surface area contributed by atoms with Crippen molar-refractivity contribution in [2.24, 2.45) is 0 Å². The average Bonchev–Trinajstić information content (AvgIpc) is 3.65. The number of aryl methyl sites for hydroxylation is 1. The van der Waals surface area contributed by atoms with Crippen LogP contribution in [0.3, 0.4) is 0 Å². The summed E-state index contributed by atoms with van der Waals surface area (Å²) in [5, 5.41) is 5.57. The van der Waals surface area contributed by atoms with Crippen molar-refractivity contribution in [3.05, 3.63) is 112 Å². The Morgan fingerprint density at radius 2 is 1.59 bits per heavy atom. The van der Waals surface area contributed by atoms with Crippen LogP contribution in [0.2, 0.25) is 4.34 Å². The molecule has 0 aliphatic carbocycles. The van der Waals surface area contributed by atoms with Crippen LogP contribution in [0.1, 0.15) is 44.7 Å². The lowest BCUT2D eigenvalue weighted by atomic mass is 9.99. The first-order valence-electron chi connectivity index (χ1n) is 12.8. The Kier molecular flexibility index (Phi) is 8.37. The van der Waals surface area contributed by atoms with E-state index in [0.717, 1.165) is 16.9 Å². The SMILES string of the molecule is Cc1ccc(NC(=O)c2ccccc2NC(=O)C2CCCN2S(=O)(=O)c2ccc(Cl)s2)c(C(=O)c2ccccc2)c1. The standard InChI is InChI=1S/C30H26ClN3O5S2/c1-19-13-14-24(22(18-19)28(35)20-8-3-2-4-9-20)32-29(36)21-10-5-6-11-23(21)33-30(37)25-12-7-17-34(25)41(38,39)27-16-15-26(31)40-27/h2-6,8-11,13-16,18,25H,7,12,17H2,1H3,(H,32,36)(H,33,37). The highest BCUT2D eigenvalue weighted by atomic mass is 35.5. The molecule has 1 aliphatic rings. The number of carbonyl (C=O) groups is 3. The zero-order valence-corrected chi connectivity index (χ0v) is 24.4. The Morgan fingerprint density at radius 3 is 2.32 bits per heavy atom. The first-order valence-corrected chi connectivity index (χ1v) is 15.5. The van der Waals surface area contributed by atoms with Gasteiger partial charge in [-0.05, 0) is 56.2 Å². The summed E-state index contributed by atoms with van der Waals surface area (Å²) in [6, 6.07) is 22.4. The highest BCUT2D eigenvalue weighted by Crippen LogP contribution is 2.33. The fourth-order valence-electron chi connectivity index (χ4n) is 4.74. The zero-order valence-electron chi connectivity index (χ0n) is 22.0. The molecule has 3 aromatic carbocycles. The monoisotopic (exact) mass is 607 g/mol. The smallest absolute Gasteiger partial charge is 0.257 e. The lowest BCUT2D eigenvalue weighted by Crippen LogP contribution is -2.43. The number of nitrogens with zero attached hydrogens (tertiary/aromatic N) is 1. The number of hydrogen-bond donors (Lipinski definition) is 2. The van der Waals surface area contributed by atoms with Gasteiger partial charge in [-0.15, -0.1) is 11.3 Å². The average molecular weight is 608 g/mol. The van der Waals surface area contributed by atoms with Crippen molar-refractivity contribution in [2.75, 3.05) is 17.2 Å². The summed E-state index contributed by atoms with van der Waals surface area (Å²) in [6.07, 6.45) is 0.858. The summed E-state index contributed by atoms with van der Waals surface area (Å²) < 4.78 is 28.0. The fourth-order valence-corrected chi connectivity index (χ4v) is 8.01. The minimum atomic E-state index is -3.92. The molecule has 1 aromatic heterocycles. The van der Waals surface area contributed by atoms with Gasteiger partial charge < -0.3 is 10.6 Å². The van der Waals surface area contributed by atoms with E-state index in [1.54, 1.807) is 66.7 Å². The molecule has 0 spiro atoms. The Morgan fingerprint density at radius 1 is 0.878 bits per heavy atom. The maximum atomic E-state index is 13.5. The maximum absolute atomic E-state index is 13.5. The summed E-state index contributed by atoms with van der Waals surface area (Å²) in [6.45, 7) is 2.06. The Labute approximate surface area is 247 Å². The highest BCUT2D eigenvalue weighted by Gasteiger charge is 2.40. The van der Waals surface area contributed by atoms with Crippen LogP contribution in [0.4, 0.5) is 11.4 Å². The third kappa shape index (κ3) is 6.11. The molecule has 0 radical (unpaired) electrons. The van der Waals surface area contributed by atoms with E-state index < -0.39 is 27.9 Å². The van der Waals surface area contributed by atoms with Gasteiger partial charge in [0, 0.05) is 17.7 Å². The third-order valence-electron chi connectivity index (χ3n) is 6.75. The summed E-state index contributed by atoms with van der Waals surface area (Å²) in [7, 11) is -3.92. The van der Waals surface area contributed by atoms with Crippen LogP contribution in [0.5, 0.6) is 0 Å². The van der Waals surface area contributed by atoms with Gasteiger partial charge in [0.15, 0.2) is 5.78 Å². The van der Waals surface area contributed by atoms with Crippen LogP contribution in [0.25, 0.3) is 0 Å². The molecule has 41 heavy (non-hydrogen) atoms. The molecule has 1 atom stereocenters. The van der Waals surface area contributed by atoms with Gasteiger partial charge in [0.1, 0.15) is 10.3 Å². The van der Waals surface area contributed by atoms with Crippen molar-refractivity contribution in [1.29, 1.82) is 0 Å². The number of benzene rings is 3.